The van der Waals surface area contributed by atoms with Gasteiger partial charge in [-0.15, -0.1) is 0 Å². The van der Waals surface area contributed by atoms with Crippen molar-refractivity contribution < 1.29 is 23.7 Å². The van der Waals surface area contributed by atoms with Crippen molar-refractivity contribution in [2.24, 2.45) is 0 Å². The highest BCUT2D eigenvalue weighted by atomic mass is 16.7. The van der Waals surface area contributed by atoms with Crippen molar-refractivity contribution in [3.05, 3.63) is 95.1 Å². The zero-order chi connectivity index (χ0) is 31.1. The molecule has 3 aromatic carbocycles. The van der Waals surface area contributed by atoms with E-state index in [4.69, 9.17) is 23.7 Å². The Kier molecular flexibility index (Phi) is 10.0. The van der Waals surface area contributed by atoms with Gasteiger partial charge in [0.25, 0.3) is 0 Å². The van der Waals surface area contributed by atoms with Gasteiger partial charge in [0.1, 0.15) is 23.4 Å². The molecule has 0 N–H and O–H groups in total. The van der Waals surface area contributed by atoms with Gasteiger partial charge in [-0.3, -0.25) is 4.90 Å². The van der Waals surface area contributed by atoms with Crippen molar-refractivity contribution in [2.75, 3.05) is 32.8 Å². The first kappa shape index (κ1) is 31.0. The van der Waals surface area contributed by atoms with E-state index in [1.165, 1.54) is 37.9 Å². The minimum atomic E-state index is -0.270. The Labute approximate surface area is 273 Å². The maximum Gasteiger partial charge on any atom is 0.199 e. The van der Waals surface area contributed by atoms with Crippen molar-refractivity contribution in [1.29, 1.82) is 0 Å². The van der Waals surface area contributed by atoms with Crippen molar-refractivity contribution in [1.82, 2.24) is 4.90 Å². The van der Waals surface area contributed by atoms with Crippen molar-refractivity contribution in [3.8, 4) is 17.2 Å². The summed E-state index contributed by atoms with van der Waals surface area (Å²) < 4.78 is 31.2. The molecule has 3 aromatic rings. The number of ether oxygens (including phenoxy) is 5. The summed E-state index contributed by atoms with van der Waals surface area (Å²) in [4.78, 5) is 2.54. The van der Waals surface area contributed by atoms with Gasteiger partial charge in [0.2, 0.25) is 0 Å². The van der Waals surface area contributed by atoms with E-state index in [0.717, 1.165) is 103 Å². The predicted octanol–water partition coefficient (Wildman–Crippen LogP) is 9.06. The zero-order valence-corrected chi connectivity index (χ0v) is 27.1. The van der Waals surface area contributed by atoms with Crippen LogP contribution in [0.15, 0.2) is 72.8 Å². The fourth-order valence-electron chi connectivity index (χ4n) is 7.02. The number of likely N-dealkylation sites (tertiary alicyclic amines) is 1. The van der Waals surface area contributed by atoms with Gasteiger partial charge in [-0.05, 0) is 111 Å². The Morgan fingerprint density at radius 3 is 2.17 bits per heavy atom. The fourth-order valence-corrected chi connectivity index (χ4v) is 7.02. The largest absolute Gasteiger partial charge is 0.480 e. The molecule has 4 aliphatic heterocycles. The fraction of sp³-hybridized carbons (Fsp3) is 0.450. The molecule has 46 heavy (non-hydrogen) atoms. The lowest BCUT2D eigenvalue weighted by Crippen LogP contribution is -2.29. The molecule has 0 saturated carbocycles. The first-order valence-corrected chi connectivity index (χ1v) is 17.4. The number of hydrogen-bond donors (Lipinski definition) is 0. The summed E-state index contributed by atoms with van der Waals surface area (Å²) in [6, 6.07) is 23.3. The number of allylic oxidation sites excluding steroid dienone is 1. The summed E-state index contributed by atoms with van der Waals surface area (Å²) in [5.41, 5.74) is 6.73. The van der Waals surface area contributed by atoms with Gasteiger partial charge < -0.3 is 23.7 Å². The Hall–Kier alpha value is -3.58. The van der Waals surface area contributed by atoms with Crippen LogP contribution in [0.5, 0.6) is 17.2 Å². The summed E-state index contributed by atoms with van der Waals surface area (Å²) in [7, 11) is 0. The van der Waals surface area contributed by atoms with Crippen LogP contribution in [0, 0.1) is 0 Å². The number of piperidine rings is 1. The number of fused-ring (bicyclic) bond motifs is 1. The van der Waals surface area contributed by atoms with Gasteiger partial charge in [0, 0.05) is 30.5 Å². The average molecular weight is 622 g/mol. The zero-order valence-electron chi connectivity index (χ0n) is 27.1. The molecule has 7 rings (SSSR count). The van der Waals surface area contributed by atoms with Gasteiger partial charge in [-0.1, -0.05) is 55.0 Å². The molecule has 6 heteroatoms. The molecular formula is C40H47NO5. The molecule has 6 nitrogen and oxygen atoms in total. The lowest BCUT2D eigenvalue weighted by molar-refractivity contribution is -0.106. The highest BCUT2D eigenvalue weighted by Gasteiger charge is 2.30. The Balaban J connectivity index is 1.18. The van der Waals surface area contributed by atoms with Gasteiger partial charge in [-0.2, -0.15) is 0 Å². The SMILES string of the molecule is CC1=C(c2cccc(OC3CCCCO3)c2)C(c2ccc(C=CCN3CCCCC3)cc2)Oc2ccc(OC3CCCCO3)cc21. The molecule has 0 amide bonds. The molecule has 4 heterocycles. The maximum atomic E-state index is 6.86. The normalized spacial score (nSPS) is 24.0. The summed E-state index contributed by atoms with van der Waals surface area (Å²) in [6.45, 7) is 7.13. The molecule has 0 aromatic heterocycles. The van der Waals surface area contributed by atoms with Crippen molar-refractivity contribution >= 4 is 17.2 Å². The molecule has 3 saturated heterocycles. The van der Waals surface area contributed by atoms with Crippen LogP contribution in [0.2, 0.25) is 0 Å². The molecule has 0 radical (unpaired) electrons. The van der Waals surface area contributed by atoms with E-state index in [0.29, 0.717) is 0 Å². The Morgan fingerprint density at radius 2 is 1.48 bits per heavy atom. The summed E-state index contributed by atoms with van der Waals surface area (Å²) in [6.07, 6.45) is 14.1. The van der Waals surface area contributed by atoms with Crippen LogP contribution in [-0.4, -0.2) is 50.3 Å². The van der Waals surface area contributed by atoms with E-state index < -0.39 is 0 Å². The third-order valence-corrected chi connectivity index (χ3v) is 9.58. The summed E-state index contributed by atoms with van der Waals surface area (Å²) in [5.74, 6) is 2.48. The summed E-state index contributed by atoms with van der Waals surface area (Å²) >= 11 is 0. The third-order valence-electron chi connectivity index (χ3n) is 9.58. The molecule has 0 spiro atoms. The Morgan fingerprint density at radius 1 is 0.761 bits per heavy atom. The standard InChI is InChI=1S/C40H47NO5/c1-29-35-28-34(45-38-15-4-8-26-43-38)20-21-36(35)46-40(31-18-16-30(17-19-31)11-10-24-41-22-5-2-6-23-41)39(29)32-12-9-13-33(27-32)44-37-14-3-7-25-42-37/h9-13,16-21,27-28,37-38,40H,2-8,14-15,22-26H2,1H3. The molecule has 0 bridgehead atoms. The van der Waals surface area contributed by atoms with Gasteiger partial charge >= 0.3 is 0 Å². The van der Waals surface area contributed by atoms with E-state index in [1.807, 2.05) is 18.2 Å². The molecule has 3 unspecified atom stereocenters. The number of hydrogen-bond acceptors (Lipinski definition) is 6. The van der Waals surface area contributed by atoms with E-state index in [1.54, 1.807) is 0 Å². The molecule has 4 aliphatic rings. The molecule has 3 fully saturated rings. The smallest absolute Gasteiger partial charge is 0.199 e. The van der Waals surface area contributed by atoms with Crippen LogP contribution >= 0.6 is 0 Å². The highest BCUT2D eigenvalue weighted by Crippen LogP contribution is 2.48. The second-order valence-electron chi connectivity index (χ2n) is 13.0. The quantitative estimate of drug-likeness (QED) is 0.238. The van der Waals surface area contributed by atoms with Crippen LogP contribution in [0.3, 0.4) is 0 Å². The van der Waals surface area contributed by atoms with Crippen LogP contribution in [0.4, 0.5) is 0 Å². The van der Waals surface area contributed by atoms with Gasteiger partial charge in [0.05, 0.1) is 13.2 Å². The second kappa shape index (κ2) is 14.9. The predicted molar refractivity (Wildman–Crippen MR) is 183 cm³/mol. The average Bonchev–Trinajstić information content (AvgIpc) is 3.10. The third kappa shape index (κ3) is 7.52. The van der Waals surface area contributed by atoms with E-state index in [-0.39, 0.29) is 18.7 Å². The number of benzene rings is 3. The van der Waals surface area contributed by atoms with Crippen molar-refractivity contribution in [2.45, 2.75) is 83.4 Å². The van der Waals surface area contributed by atoms with E-state index in [9.17, 15) is 0 Å². The van der Waals surface area contributed by atoms with Crippen LogP contribution < -0.4 is 14.2 Å². The van der Waals surface area contributed by atoms with Crippen LogP contribution in [0.1, 0.15) is 93.1 Å². The molecular weight excluding hydrogens is 574 g/mol. The monoisotopic (exact) mass is 621 g/mol. The summed E-state index contributed by atoms with van der Waals surface area (Å²) in [5, 5.41) is 0. The second-order valence-corrected chi connectivity index (χ2v) is 13.0. The first-order valence-electron chi connectivity index (χ1n) is 17.4. The lowest BCUT2D eigenvalue weighted by Gasteiger charge is -2.32. The number of nitrogens with zero attached hydrogens (tertiary/aromatic N) is 1. The van der Waals surface area contributed by atoms with Gasteiger partial charge in [0.15, 0.2) is 12.6 Å². The minimum absolute atomic E-state index is 0.198. The molecule has 3 atom stereocenters. The van der Waals surface area contributed by atoms with E-state index in [2.05, 4.69) is 72.5 Å². The van der Waals surface area contributed by atoms with Crippen molar-refractivity contribution in [3.63, 3.8) is 0 Å². The maximum absolute atomic E-state index is 6.86. The van der Waals surface area contributed by atoms with Crippen LogP contribution in [0.25, 0.3) is 17.2 Å². The van der Waals surface area contributed by atoms with E-state index >= 15 is 0 Å². The first-order chi connectivity index (χ1) is 22.7. The topological polar surface area (TPSA) is 49.4 Å². The molecule has 242 valence electrons. The van der Waals surface area contributed by atoms with Gasteiger partial charge in [-0.25, -0.2) is 0 Å². The Bertz CT molecular complexity index is 1510. The minimum Gasteiger partial charge on any atom is -0.480 e. The lowest BCUT2D eigenvalue weighted by atomic mass is 9.86. The molecule has 0 aliphatic carbocycles. The number of rotatable bonds is 9. The van der Waals surface area contributed by atoms with Crippen LogP contribution in [-0.2, 0) is 9.47 Å². The highest BCUT2D eigenvalue weighted by molar-refractivity contribution is 5.96.